The summed E-state index contributed by atoms with van der Waals surface area (Å²) in [5.74, 6) is -0.599. The highest BCUT2D eigenvalue weighted by Gasteiger charge is 2.38. The number of hydrogen-bond donors (Lipinski definition) is 1. The molecule has 4 rings (SSSR count). The predicted molar refractivity (Wildman–Crippen MR) is 104 cm³/mol. The monoisotopic (exact) mass is 458 g/mol. The van der Waals surface area contributed by atoms with Crippen molar-refractivity contribution in [3.05, 3.63) is 41.9 Å². The molecule has 12 heteroatoms. The van der Waals surface area contributed by atoms with Crippen molar-refractivity contribution in [2.24, 2.45) is 5.92 Å². The zero-order chi connectivity index (χ0) is 23.3. The number of carbonyl (C=O) groups is 2. The van der Waals surface area contributed by atoms with E-state index in [1.807, 2.05) is 17.0 Å². The zero-order valence-corrected chi connectivity index (χ0v) is 17.5. The third-order valence-corrected chi connectivity index (χ3v) is 5.12. The van der Waals surface area contributed by atoms with Crippen LogP contribution in [0.2, 0.25) is 0 Å². The minimum Gasteiger partial charge on any atom is -0.475 e. The van der Waals surface area contributed by atoms with Gasteiger partial charge < -0.3 is 23.7 Å². The molecule has 0 saturated carbocycles. The van der Waals surface area contributed by atoms with Crippen LogP contribution in [-0.2, 0) is 40.5 Å². The van der Waals surface area contributed by atoms with E-state index in [1.54, 1.807) is 6.26 Å². The minimum absolute atomic E-state index is 0.0282. The minimum atomic E-state index is -5.08. The molecule has 9 nitrogen and oxygen atoms in total. The predicted octanol–water partition coefficient (Wildman–Crippen LogP) is 2.12. The lowest BCUT2D eigenvalue weighted by Crippen LogP contribution is -2.41. The Morgan fingerprint density at radius 1 is 1.31 bits per heavy atom. The Morgan fingerprint density at radius 2 is 2.06 bits per heavy atom. The molecule has 2 aliphatic rings. The average Bonchev–Trinajstić information content (AvgIpc) is 3.48. The first-order valence-corrected chi connectivity index (χ1v) is 10.1. The fraction of sp³-hybridized carbons (Fsp3) is 0.550. The maximum Gasteiger partial charge on any atom is 0.490 e. The van der Waals surface area contributed by atoms with Gasteiger partial charge >= 0.3 is 12.1 Å². The fourth-order valence-corrected chi connectivity index (χ4v) is 3.56. The van der Waals surface area contributed by atoms with E-state index in [0.29, 0.717) is 19.8 Å². The number of aromatic nitrogens is 2. The van der Waals surface area contributed by atoms with Crippen molar-refractivity contribution in [3.63, 3.8) is 0 Å². The molecule has 2 aromatic rings. The van der Waals surface area contributed by atoms with Crippen LogP contribution in [0.25, 0.3) is 0 Å². The number of hydrogen-bond acceptors (Lipinski definition) is 6. The number of carboxylic acid groups (broad SMARTS) is 1. The van der Waals surface area contributed by atoms with E-state index in [4.69, 9.17) is 24.0 Å². The van der Waals surface area contributed by atoms with Gasteiger partial charge in [0.15, 0.2) is 0 Å². The summed E-state index contributed by atoms with van der Waals surface area (Å²) in [7, 11) is 2.05. The zero-order valence-electron chi connectivity index (χ0n) is 17.5. The molecule has 32 heavy (non-hydrogen) atoms. The summed E-state index contributed by atoms with van der Waals surface area (Å²) in [6.45, 7) is 4.92. The number of carbonyl (C=O) groups excluding carboxylic acids is 1. The molecule has 0 radical (unpaired) electrons. The number of rotatable bonds is 5. The van der Waals surface area contributed by atoms with E-state index in [9.17, 15) is 18.0 Å². The van der Waals surface area contributed by atoms with E-state index in [0.717, 1.165) is 49.9 Å². The summed E-state index contributed by atoms with van der Waals surface area (Å²) in [5.41, 5.74) is 1.03. The van der Waals surface area contributed by atoms with Gasteiger partial charge in [-0.1, -0.05) is 0 Å². The van der Waals surface area contributed by atoms with Crippen LogP contribution in [0.1, 0.15) is 23.7 Å². The lowest BCUT2D eigenvalue weighted by atomic mass is 10.1. The maximum atomic E-state index is 12.6. The number of furan rings is 1. The second kappa shape index (κ2) is 10.2. The lowest BCUT2D eigenvalue weighted by molar-refractivity contribution is -0.192. The lowest BCUT2D eigenvalue weighted by Gasteiger charge is -2.29. The highest BCUT2D eigenvalue weighted by Crippen LogP contribution is 2.20. The van der Waals surface area contributed by atoms with E-state index >= 15 is 0 Å². The topological polar surface area (TPSA) is 101 Å². The number of imidazole rings is 1. The van der Waals surface area contributed by atoms with E-state index in [2.05, 4.69) is 22.7 Å². The highest BCUT2D eigenvalue weighted by atomic mass is 19.4. The van der Waals surface area contributed by atoms with E-state index in [-0.39, 0.29) is 11.8 Å². The van der Waals surface area contributed by atoms with Gasteiger partial charge in [0, 0.05) is 32.4 Å². The Bertz CT molecular complexity index is 907. The molecule has 1 N–H and O–H groups in total. The third kappa shape index (κ3) is 6.33. The first kappa shape index (κ1) is 23.8. The van der Waals surface area contributed by atoms with Crippen LogP contribution >= 0.6 is 0 Å². The molecule has 176 valence electrons. The molecule has 1 saturated heterocycles. The van der Waals surface area contributed by atoms with Gasteiger partial charge in [0.25, 0.3) is 0 Å². The van der Waals surface area contributed by atoms with Crippen LogP contribution in [0.5, 0.6) is 0 Å². The molecule has 4 heterocycles. The maximum absolute atomic E-state index is 12.6. The van der Waals surface area contributed by atoms with Gasteiger partial charge in [-0.2, -0.15) is 13.2 Å². The van der Waals surface area contributed by atoms with Crippen molar-refractivity contribution in [1.29, 1.82) is 0 Å². The van der Waals surface area contributed by atoms with Gasteiger partial charge in [-0.3, -0.25) is 9.69 Å². The van der Waals surface area contributed by atoms with Crippen molar-refractivity contribution >= 4 is 11.9 Å². The molecule has 1 unspecified atom stereocenters. The average molecular weight is 458 g/mol. The number of amides is 1. The molecule has 0 aliphatic carbocycles. The molecule has 0 aromatic carbocycles. The summed E-state index contributed by atoms with van der Waals surface area (Å²) in [4.78, 5) is 30.3. The first-order chi connectivity index (χ1) is 15.1. The number of alkyl halides is 3. The molecular weight excluding hydrogens is 433 g/mol. The van der Waals surface area contributed by atoms with Crippen molar-refractivity contribution < 1.29 is 37.0 Å². The highest BCUT2D eigenvalue weighted by molar-refractivity contribution is 5.79. The summed E-state index contributed by atoms with van der Waals surface area (Å²) >= 11 is 0. The summed E-state index contributed by atoms with van der Waals surface area (Å²) in [6.07, 6.45) is -0.444. The molecule has 0 spiro atoms. The van der Waals surface area contributed by atoms with Crippen LogP contribution in [0, 0.1) is 5.92 Å². The largest absolute Gasteiger partial charge is 0.490 e. The van der Waals surface area contributed by atoms with Gasteiger partial charge in [-0.25, -0.2) is 9.78 Å². The van der Waals surface area contributed by atoms with Crippen molar-refractivity contribution in [1.82, 2.24) is 19.4 Å². The second-order valence-corrected chi connectivity index (χ2v) is 7.72. The Balaban J connectivity index is 0.000000360. The Kier molecular flexibility index (Phi) is 7.56. The summed E-state index contributed by atoms with van der Waals surface area (Å²) < 4.78 is 44.6. The first-order valence-electron chi connectivity index (χ1n) is 10.1. The Labute approximate surface area is 182 Å². The van der Waals surface area contributed by atoms with Gasteiger partial charge in [0.05, 0.1) is 37.6 Å². The van der Waals surface area contributed by atoms with Gasteiger partial charge in [-0.05, 0) is 25.6 Å². The van der Waals surface area contributed by atoms with Gasteiger partial charge in [0.2, 0.25) is 5.91 Å². The molecular formula is C20H25F3N4O5. The summed E-state index contributed by atoms with van der Waals surface area (Å²) in [6, 6.07) is 3.88. The van der Waals surface area contributed by atoms with Crippen molar-refractivity contribution in [3.8, 4) is 0 Å². The third-order valence-electron chi connectivity index (χ3n) is 5.12. The van der Waals surface area contributed by atoms with Gasteiger partial charge in [0.1, 0.15) is 11.6 Å². The number of nitrogens with zero attached hydrogens (tertiary/aromatic N) is 4. The number of carboxylic acids is 1. The van der Waals surface area contributed by atoms with Crippen LogP contribution in [0.4, 0.5) is 13.2 Å². The molecule has 2 aliphatic heterocycles. The number of ether oxygens (including phenoxy) is 1. The van der Waals surface area contributed by atoms with Crippen molar-refractivity contribution in [2.45, 2.75) is 38.8 Å². The Hall–Kier alpha value is -2.86. The number of fused-ring (bicyclic) bond motifs is 1. The van der Waals surface area contributed by atoms with E-state index in [1.165, 1.54) is 0 Å². The molecule has 0 bridgehead atoms. The summed E-state index contributed by atoms with van der Waals surface area (Å²) in [5, 5.41) is 7.12. The quantitative estimate of drug-likeness (QED) is 0.733. The second-order valence-electron chi connectivity index (χ2n) is 7.72. The number of halogens is 3. The normalized spacial score (nSPS) is 18.3. The van der Waals surface area contributed by atoms with Crippen LogP contribution in [0.15, 0.2) is 29.0 Å². The molecule has 1 atom stereocenters. The Morgan fingerprint density at radius 3 is 2.66 bits per heavy atom. The standard InChI is InChI=1S/C18H24N4O3.C2HF3O2/c1-20(11-16-3-2-7-25-16)9-15-10-21-5-6-22(12-17(21)19-15)18(23)14-4-8-24-13-14;3-2(4,5)1(6)7/h2-3,7,10,14H,4-6,8-9,11-13H2,1H3;(H,6,7). The van der Waals surface area contributed by atoms with E-state index < -0.39 is 12.1 Å². The SMILES string of the molecule is CN(Cc1cn2c(n1)CN(C(=O)C1CCOC1)CC2)Cc1ccco1.O=C(O)C(F)(F)F. The number of aliphatic carboxylic acids is 1. The fourth-order valence-electron chi connectivity index (χ4n) is 3.56. The molecule has 1 amide bonds. The van der Waals surface area contributed by atoms with Crippen LogP contribution in [0.3, 0.4) is 0 Å². The van der Waals surface area contributed by atoms with Crippen LogP contribution < -0.4 is 0 Å². The van der Waals surface area contributed by atoms with Crippen molar-refractivity contribution in [2.75, 3.05) is 26.8 Å². The molecule has 2 aromatic heterocycles. The molecule has 1 fully saturated rings. The van der Waals surface area contributed by atoms with Crippen LogP contribution in [-0.4, -0.2) is 69.3 Å². The smallest absolute Gasteiger partial charge is 0.475 e. The van der Waals surface area contributed by atoms with Gasteiger partial charge in [-0.15, -0.1) is 0 Å².